The normalized spacial score (nSPS) is 22.5. The molecule has 0 bridgehead atoms. The highest BCUT2D eigenvalue weighted by Crippen LogP contribution is 2.41. The van der Waals surface area contributed by atoms with Crippen molar-refractivity contribution in [3.05, 3.63) is 59.0 Å². The second-order valence-corrected chi connectivity index (χ2v) is 13.1. The molecule has 3 aliphatic rings. The lowest BCUT2D eigenvalue weighted by molar-refractivity contribution is -0.131. The number of allylic oxidation sites excluding steroid dienone is 2. The van der Waals surface area contributed by atoms with Crippen LogP contribution >= 0.6 is 35.1 Å². The fourth-order valence-corrected chi connectivity index (χ4v) is 7.26. The molecule has 224 valence electrons. The average Bonchev–Trinajstić information content (AvgIpc) is 3.25. The Labute approximate surface area is 256 Å². The van der Waals surface area contributed by atoms with Gasteiger partial charge in [-0.15, -0.1) is 0 Å². The summed E-state index contributed by atoms with van der Waals surface area (Å²) in [6.45, 7) is 11.2. The van der Waals surface area contributed by atoms with E-state index in [1.807, 2.05) is 54.4 Å². The number of carbonyl (C=O) groups excluding carboxylic acids is 2. The van der Waals surface area contributed by atoms with Crippen LogP contribution in [0.25, 0.3) is 0 Å². The maximum Gasteiger partial charge on any atom is 0.329 e. The minimum Gasteiger partial charge on any atom is -0.439 e. The Bertz CT molecular complexity index is 1180. The van der Waals surface area contributed by atoms with Gasteiger partial charge in [0.2, 0.25) is 5.88 Å². The van der Waals surface area contributed by atoms with Crippen LogP contribution < -0.4 is 9.64 Å². The molecular weight excluding hydrogens is 582 g/mol. The predicted molar refractivity (Wildman–Crippen MR) is 169 cm³/mol. The summed E-state index contributed by atoms with van der Waals surface area (Å²) in [5.41, 5.74) is 2.27. The van der Waals surface area contributed by atoms with Gasteiger partial charge in [-0.05, 0) is 51.0 Å². The topological polar surface area (TPSA) is 82.5 Å². The van der Waals surface area contributed by atoms with Crippen molar-refractivity contribution in [1.82, 2.24) is 9.80 Å². The van der Waals surface area contributed by atoms with Gasteiger partial charge in [-0.1, -0.05) is 37.1 Å². The Morgan fingerprint density at radius 1 is 1.15 bits per heavy atom. The number of benzene rings is 1. The third-order valence-corrected chi connectivity index (χ3v) is 9.65. The van der Waals surface area contributed by atoms with E-state index in [1.54, 1.807) is 18.2 Å². The Balaban J connectivity index is 1.48. The first kappa shape index (κ1) is 31.8. The van der Waals surface area contributed by atoms with Crippen LogP contribution in [0.5, 0.6) is 5.75 Å². The SMILES string of the molecule is C=C1CSCC(OCCCN2C(=O)/C(=C/C=C3/Oc4cc(Cl)ccc4N3CCCC)C(O)N(C(C)C)C2=O)CSC1. The number of aliphatic hydroxyl groups excluding tert-OH is 1. The van der Waals surface area contributed by atoms with Crippen LogP contribution in [-0.4, -0.2) is 87.9 Å². The van der Waals surface area contributed by atoms with E-state index < -0.39 is 18.2 Å². The summed E-state index contributed by atoms with van der Waals surface area (Å²) >= 11 is 9.84. The van der Waals surface area contributed by atoms with Gasteiger partial charge in [-0.25, -0.2) is 4.79 Å². The molecule has 1 atom stereocenters. The molecule has 0 aliphatic carbocycles. The van der Waals surface area contributed by atoms with Gasteiger partial charge in [0.15, 0.2) is 12.0 Å². The summed E-state index contributed by atoms with van der Waals surface area (Å²) in [6, 6.07) is 4.68. The Kier molecular flexibility index (Phi) is 11.5. The number of unbranched alkanes of at least 4 members (excludes halogenated alkanes) is 1. The van der Waals surface area contributed by atoms with Gasteiger partial charge in [0.25, 0.3) is 5.91 Å². The fraction of sp³-hybridized carbons (Fsp3) is 0.533. The first-order valence-electron chi connectivity index (χ1n) is 14.1. The monoisotopic (exact) mass is 621 g/mol. The van der Waals surface area contributed by atoms with Gasteiger partial charge >= 0.3 is 6.03 Å². The zero-order chi connectivity index (χ0) is 29.5. The number of nitrogens with zero attached hydrogens (tertiary/aromatic N) is 3. The maximum absolute atomic E-state index is 13.5. The lowest BCUT2D eigenvalue weighted by atomic mass is 10.1. The van der Waals surface area contributed by atoms with Crippen LogP contribution in [0, 0.1) is 0 Å². The fourth-order valence-electron chi connectivity index (χ4n) is 4.84. The number of fused-ring (bicyclic) bond motifs is 1. The Hall–Kier alpha value is -2.11. The number of rotatable bonds is 10. The van der Waals surface area contributed by atoms with E-state index in [-0.39, 0.29) is 24.3 Å². The third-order valence-electron chi connectivity index (χ3n) is 6.98. The molecule has 2 saturated heterocycles. The number of hydrogen-bond acceptors (Lipinski definition) is 8. The molecule has 1 aromatic rings. The summed E-state index contributed by atoms with van der Waals surface area (Å²) in [4.78, 5) is 31.4. The van der Waals surface area contributed by atoms with Crippen LogP contribution in [0.1, 0.15) is 40.0 Å². The first-order valence-corrected chi connectivity index (χ1v) is 16.8. The molecule has 3 aliphatic heterocycles. The van der Waals surface area contributed by atoms with Gasteiger partial charge in [-0.2, -0.15) is 23.5 Å². The number of ether oxygens (including phenoxy) is 2. The molecule has 0 aromatic heterocycles. The molecule has 0 saturated carbocycles. The van der Waals surface area contributed by atoms with Crippen molar-refractivity contribution >= 4 is 52.8 Å². The zero-order valence-electron chi connectivity index (χ0n) is 24.0. The second kappa shape index (κ2) is 14.9. The molecule has 0 spiro atoms. The zero-order valence-corrected chi connectivity index (χ0v) is 26.4. The quantitative estimate of drug-likeness (QED) is 0.196. The molecule has 1 aromatic carbocycles. The van der Waals surface area contributed by atoms with Gasteiger partial charge < -0.3 is 19.5 Å². The van der Waals surface area contributed by atoms with Crippen molar-refractivity contribution in [3.8, 4) is 5.75 Å². The number of amides is 3. The molecule has 41 heavy (non-hydrogen) atoms. The molecular formula is C30H40ClN3O5S2. The molecule has 4 rings (SSSR count). The number of anilines is 1. The van der Waals surface area contributed by atoms with E-state index in [0.717, 1.165) is 48.1 Å². The van der Waals surface area contributed by atoms with Crippen molar-refractivity contribution < 1.29 is 24.2 Å². The highest BCUT2D eigenvalue weighted by molar-refractivity contribution is 8.01. The predicted octanol–water partition coefficient (Wildman–Crippen LogP) is 5.91. The van der Waals surface area contributed by atoms with Crippen LogP contribution in [0.3, 0.4) is 0 Å². The van der Waals surface area contributed by atoms with Crippen molar-refractivity contribution in [1.29, 1.82) is 0 Å². The van der Waals surface area contributed by atoms with E-state index in [4.69, 9.17) is 21.1 Å². The van der Waals surface area contributed by atoms with E-state index in [1.165, 1.54) is 15.4 Å². The number of imide groups is 1. The van der Waals surface area contributed by atoms with E-state index in [9.17, 15) is 14.7 Å². The number of aliphatic hydroxyl groups is 1. The number of halogens is 1. The molecule has 3 amide bonds. The Morgan fingerprint density at radius 3 is 2.54 bits per heavy atom. The minimum atomic E-state index is -1.36. The van der Waals surface area contributed by atoms with Crippen LogP contribution in [0.2, 0.25) is 5.02 Å². The molecule has 11 heteroatoms. The van der Waals surface area contributed by atoms with Gasteiger partial charge in [-0.3, -0.25) is 14.6 Å². The number of hydrogen-bond donors (Lipinski definition) is 1. The molecule has 0 radical (unpaired) electrons. The maximum atomic E-state index is 13.5. The van der Waals surface area contributed by atoms with Gasteiger partial charge in [0.05, 0.1) is 17.4 Å². The van der Waals surface area contributed by atoms with Crippen molar-refractivity contribution in [2.24, 2.45) is 0 Å². The largest absolute Gasteiger partial charge is 0.439 e. The van der Waals surface area contributed by atoms with Crippen molar-refractivity contribution in [2.75, 3.05) is 47.6 Å². The first-order chi connectivity index (χ1) is 19.7. The molecule has 1 N–H and O–H groups in total. The van der Waals surface area contributed by atoms with Gasteiger partial charge in [0.1, 0.15) is 0 Å². The van der Waals surface area contributed by atoms with E-state index in [2.05, 4.69) is 13.5 Å². The van der Waals surface area contributed by atoms with Crippen LogP contribution in [-0.2, 0) is 9.53 Å². The van der Waals surface area contributed by atoms with Crippen molar-refractivity contribution in [3.63, 3.8) is 0 Å². The van der Waals surface area contributed by atoms with Crippen LogP contribution in [0.4, 0.5) is 10.5 Å². The number of urea groups is 1. The highest BCUT2D eigenvalue weighted by Gasteiger charge is 2.42. The highest BCUT2D eigenvalue weighted by atomic mass is 35.5. The molecule has 2 fully saturated rings. The summed E-state index contributed by atoms with van der Waals surface area (Å²) in [6.07, 6.45) is 4.48. The number of carbonyl (C=O) groups is 2. The summed E-state index contributed by atoms with van der Waals surface area (Å²) in [7, 11) is 0. The lowest BCUT2D eigenvalue weighted by Gasteiger charge is -2.41. The van der Waals surface area contributed by atoms with Gasteiger partial charge in [0, 0.05) is 59.8 Å². The molecule has 3 heterocycles. The van der Waals surface area contributed by atoms with E-state index in [0.29, 0.717) is 29.7 Å². The van der Waals surface area contributed by atoms with E-state index >= 15 is 0 Å². The standard InChI is InChI=1S/C30H40ClN3O5S2/c1-5-6-12-32-25-10-8-22(31)15-26(25)39-27(32)11-9-24-28(35)33(30(37)34(20(2)3)29(24)36)13-7-14-38-23-18-40-16-21(4)17-41-19-23/h8-11,15,20,23,29,36H,4-7,12-14,16-19H2,1-3H3/b24-9-,27-11+. The smallest absolute Gasteiger partial charge is 0.329 e. The third kappa shape index (κ3) is 7.84. The second-order valence-electron chi connectivity index (χ2n) is 10.6. The Morgan fingerprint density at radius 2 is 1.85 bits per heavy atom. The summed E-state index contributed by atoms with van der Waals surface area (Å²) < 4.78 is 12.2. The molecule has 1 unspecified atom stereocenters. The average molecular weight is 622 g/mol. The summed E-state index contributed by atoms with van der Waals surface area (Å²) in [5.74, 6) is 4.36. The lowest BCUT2D eigenvalue weighted by Crippen LogP contribution is -2.60. The minimum absolute atomic E-state index is 0.118. The molecule has 8 nitrogen and oxygen atoms in total. The van der Waals surface area contributed by atoms with Crippen molar-refractivity contribution in [2.45, 2.75) is 58.4 Å². The summed E-state index contributed by atoms with van der Waals surface area (Å²) in [5, 5.41) is 11.7. The van der Waals surface area contributed by atoms with Crippen LogP contribution in [0.15, 0.2) is 54.0 Å². The number of thioether (sulfide) groups is 2.